The van der Waals surface area contributed by atoms with Crippen molar-refractivity contribution in [3.63, 3.8) is 0 Å². The molecule has 0 aliphatic carbocycles. The second-order valence-corrected chi connectivity index (χ2v) is 8.48. The highest BCUT2D eigenvalue weighted by Gasteiger charge is 2.33. The van der Waals surface area contributed by atoms with Crippen molar-refractivity contribution in [2.45, 2.75) is 32.3 Å². The molecule has 1 atom stereocenters. The molecule has 5 rings (SSSR count). The van der Waals surface area contributed by atoms with E-state index >= 15 is 0 Å². The highest BCUT2D eigenvalue weighted by Crippen LogP contribution is 2.26. The maximum atomic E-state index is 5.94. The van der Waals surface area contributed by atoms with Crippen LogP contribution in [-0.2, 0) is 20.8 Å². The van der Waals surface area contributed by atoms with Crippen LogP contribution >= 0.6 is 0 Å². The van der Waals surface area contributed by atoms with Gasteiger partial charge in [0.1, 0.15) is 18.5 Å². The third-order valence-electron chi connectivity index (χ3n) is 5.57. The molecule has 2 fully saturated rings. The summed E-state index contributed by atoms with van der Waals surface area (Å²) >= 11 is 0. The van der Waals surface area contributed by atoms with Crippen LogP contribution < -0.4 is 9.64 Å². The smallest absolute Gasteiger partial charge is 0.273 e. The normalized spacial score (nSPS) is 20.7. The molecule has 0 radical (unpaired) electrons. The monoisotopic (exact) mass is 452 g/mol. The predicted octanol–water partition coefficient (Wildman–Crippen LogP) is 3.61. The van der Waals surface area contributed by atoms with E-state index in [1.54, 1.807) is 0 Å². The lowest BCUT2D eigenvalue weighted by atomic mass is 10.2. The number of hydrogen-bond donors (Lipinski definition) is 1. The summed E-state index contributed by atoms with van der Waals surface area (Å²) in [5.74, 6) is 0.840. The number of H-pyrrole nitrogens is 1. The van der Waals surface area contributed by atoms with Crippen molar-refractivity contribution < 1.29 is 18.9 Å². The molecule has 2 aliphatic rings. The third-order valence-corrected chi connectivity index (χ3v) is 5.57. The summed E-state index contributed by atoms with van der Waals surface area (Å²) < 4.78 is 22.8. The fourth-order valence-electron chi connectivity index (χ4n) is 3.93. The van der Waals surface area contributed by atoms with Crippen LogP contribution in [0.25, 0.3) is 10.9 Å². The molecule has 1 aromatic carbocycles. The first-order valence-corrected chi connectivity index (χ1v) is 11.1. The number of ether oxygens (including phenoxy) is 4. The number of rotatable bonds is 7. The van der Waals surface area contributed by atoms with Crippen LogP contribution in [0.5, 0.6) is 5.88 Å². The van der Waals surface area contributed by atoms with Gasteiger partial charge in [0.15, 0.2) is 5.79 Å². The molecule has 2 aliphatic heterocycles. The Morgan fingerprint density at radius 1 is 1.21 bits per heavy atom. The van der Waals surface area contributed by atoms with Crippen LogP contribution in [0.3, 0.4) is 0 Å². The van der Waals surface area contributed by atoms with E-state index in [9.17, 15) is 0 Å². The molecule has 3 aromatic rings. The minimum atomic E-state index is -0.597. The van der Waals surface area contributed by atoms with Crippen LogP contribution in [0.2, 0.25) is 0 Å². The van der Waals surface area contributed by atoms with Gasteiger partial charge in [0.05, 0.1) is 26.4 Å². The van der Waals surface area contributed by atoms with Gasteiger partial charge in [-0.05, 0) is 19.9 Å². The number of aromatic amines is 1. The number of anilines is 1. The van der Waals surface area contributed by atoms with Crippen LogP contribution in [0, 0.1) is 0 Å². The quantitative estimate of drug-likeness (QED) is 0.546. The first kappa shape index (κ1) is 21.7. The van der Waals surface area contributed by atoms with E-state index in [4.69, 9.17) is 18.9 Å². The lowest BCUT2D eigenvalue weighted by Crippen LogP contribution is -2.36. The van der Waals surface area contributed by atoms with Gasteiger partial charge in [-0.25, -0.2) is 0 Å². The summed E-state index contributed by atoms with van der Waals surface area (Å²) in [5.41, 5.74) is 2.14. The van der Waals surface area contributed by atoms with Crippen molar-refractivity contribution in [3.05, 3.63) is 42.1 Å². The van der Waals surface area contributed by atoms with Crippen molar-refractivity contribution in [1.82, 2.24) is 15.0 Å². The van der Waals surface area contributed by atoms with E-state index in [1.165, 1.54) is 0 Å². The van der Waals surface area contributed by atoms with E-state index in [0.717, 1.165) is 35.4 Å². The molecule has 174 valence electrons. The van der Waals surface area contributed by atoms with Gasteiger partial charge in [0, 0.05) is 41.8 Å². The fourth-order valence-corrected chi connectivity index (χ4v) is 3.93. The van der Waals surface area contributed by atoms with E-state index < -0.39 is 5.79 Å². The molecule has 33 heavy (non-hydrogen) atoms. The Kier molecular flexibility index (Phi) is 6.21. The molecule has 2 saturated heterocycles. The number of azo groups is 1. The van der Waals surface area contributed by atoms with Gasteiger partial charge >= 0.3 is 0 Å². The minimum Gasteiger partial charge on any atom is -0.475 e. The molecule has 10 nitrogen and oxygen atoms in total. The number of morpholine rings is 1. The zero-order chi connectivity index (χ0) is 22.7. The maximum absolute atomic E-state index is 5.94. The van der Waals surface area contributed by atoms with E-state index in [-0.39, 0.29) is 12.1 Å². The second-order valence-electron chi connectivity index (χ2n) is 8.48. The lowest BCUT2D eigenvalue weighted by molar-refractivity contribution is -0.141. The van der Waals surface area contributed by atoms with Crippen molar-refractivity contribution in [2.24, 2.45) is 10.2 Å². The summed E-state index contributed by atoms with van der Waals surface area (Å²) in [5, 5.41) is 9.79. The molecule has 0 saturated carbocycles. The molecular formula is C23H28N6O4. The number of nitrogens with one attached hydrogen (secondary N) is 1. The van der Waals surface area contributed by atoms with Gasteiger partial charge in [-0.15, -0.1) is 5.11 Å². The molecule has 1 N–H and O–H groups in total. The van der Waals surface area contributed by atoms with Gasteiger partial charge in [0.2, 0.25) is 5.88 Å². The van der Waals surface area contributed by atoms with Gasteiger partial charge in [-0.1, -0.05) is 18.2 Å². The van der Waals surface area contributed by atoms with Crippen molar-refractivity contribution in [1.29, 1.82) is 0 Å². The maximum Gasteiger partial charge on any atom is 0.273 e. The van der Waals surface area contributed by atoms with Gasteiger partial charge < -0.3 is 28.8 Å². The van der Waals surface area contributed by atoms with Crippen LogP contribution in [-0.4, -0.2) is 66.4 Å². The first-order chi connectivity index (χ1) is 16.1. The highest BCUT2D eigenvalue weighted by atomic mass is 16.7. The lowest BCUT2D eigenvalue weighted by Gasteiger charge is -2.27. The highest BCUT2D eigenvalue weighted by molar-refractivity contribution is 5.82. The summed E-state index contributed by atoms with van der Waals surface area (Å²) in [7, 11) is 0. The topological polar surface area (TPSA) is 106 Å². The largest absolute Gasteiger partial charge is 0.475 e. The number of nitrogens with zero attached hydrogens (tertiary/aromatic N) is 5. The summed E-state index contributed by atoms with van der Waals surface area (Å²) in [6.07, 6.45) is 1.79. The summed E-state index contributed by atoms with van der Waals surface area (Å²) in [6, 6.07) is 9.93. The zero-order valence-electron chi connectivity index (χ0n) is 18.9. The molecular weight excluding hydrogens is 424 g/mol. The number of benzene rings is 1. The predicted molar refractivity (Wildman–Crippen MR) is 122 cm³/mol. The van der Waals surface area contributed by atoms with Crippen molar-refractivity contribution in [2.75, 3.05) is 44.4 Å². The Labute approximate surface area is 191 Å². The molecule has 2 aromatic heterocycles. The zero-order valence-corrected chi connectivity index (χ0v) is 18.9. The Morgan fingerprint density at radius 3 is 2.88 bits per heavy atom. The SMILES string of the molecule is CC1(C)OCC(COc2cc(N3CCOCC3)nc(N=NCc3c[nH]c4ccccc34)n2)O1. The number of fused-ring (bicyclic) bond motifs is 1. The molecule has 0 bridgehead atoms. The summed E-state index contributed by atoms with van der Waals surface area (Å²) in [4.78, 5) is 14.4. The van der Waals surface area contributed by atoms with Crippen LogP contribution in [0.1, 0.15) is 19.4 Å². The van der Waals surface area contributed by atoms with E-state index in [0.29, 0.717) is 38.9 Å². The number of aromatic nitrogens is 3. The van der Waals surface area contributed by atoms with E-state index in [2.05, 4.69) is 36.1 Å². The average Bonchev–Trinajstić information content (AvgIpc) is 3.41. The Balaban J connectivity index is 1.32. The van der Waals surface area contributed by atoms with Crippen LogP contribution in [0.15, 0.2) is 46.8 Å². The van der Waals surface area contributed by atoms with Crippen LogP contribution in [0.4, 0.5) is 11.8 Å². The number of hydrogen-bond acceptors (Lipinski definition) is 9. The standard InChI is InChI=1S/C23H28N6O4/c1-23(2)32-15-17(33-23)14-31-21-11-20(29-7-9-30-10-8-29)26-22(27-21)28-25-13-16-12-24-19-6-4-3-5-18(16)19/h3-6,11-12,17,24H,7-10,13-15H2,1-2H3. The van der Waals surface area contributed by atoms with Gasteiger partial charge in [0.25, 0.3) is 5.95 Å². The minimum absolute atomic E-state index is 0.159. The third kappa shape index (κ3) is 5.29. The van der Waals surface area contributed by atoms with Gasteiger partial charge in [-0.3, -0.25) is 0 Å². The Bertz CT molecular complexity index is 1130. The molecule has 0 spiro atoms. The summed E-state index contributed by atoms with van der Waals surface area (Å²) in [6.45, 7) is 7.81. The van der Waals surface area contributed by atoms with E-state index in [1.807, 2.05) is 44.3 Å². The van der Waals surface area contributed by atoms with Crippen molar-refractivity contribution >= 4 is 22.7 Å². The Morgan fingerprint density at radius 2 is 2.06 bits per heavy atom. The van der Waals surface area contributed by atoms with Crippen molar-refractivity contribution in [3.8, 4) is 5.88 Å². The molecule has 4 heterocycles. The Hall–Kier alpha value is -3.08. The molecule has 10 heteroatoms. The molecule has 0 amide bonds. The average molecular weight is 453 g/mol. The second kappa shape index (κ2) is 9.42. The number of para-hydroxylation sites is 1. The first-order valence-electron chi connectivity index (χ1n) is 11.1. The fraction of sp³-hybridized carbons (Fsp3) is 0.478. The molecule has 1 unspecified atom stereocenters. The van der Waals surface area contributed by atoms with Gasteiger partial charge in [-0.2, -0.15) is 15.1 Å².